The van der Waals surface area contributed by atoms with E-state index < -0.39 is 5.41 Å². The molecule has 0 saturated heterocycles. The molecule has 0 aromatic heterocycles. The van der Waals surface area contributed by atoms with Crippen molar-refractivity contribution < 1.29 is 14.3 Å². The molecule has 5 nitrogen and oxygen atoms in total. The number of nitrogens with one attached hydrogen (secondary N) is 1. The van der Waals surface area contributed by atoms with Crippen molar-refractivity contribution in [1.82, 2.24) is 0 Å². The zero-order valence-corrected chi connectivity index (χ0v) is 19.8. The van der Waals surface area contributed by atoms with Gasteiger partial charge in [-0.25, -0.2) is 0 Å². The lowest BCUT2D eigenvalue weighted by atomic mass is 9.92. The SMILES string of the molecule is CCCCCCCCN1CCc2c(C)c(COC=O)c(C)c(NC(=O)C(C)(C)C)c21. The highest BCUT2D eigenvalue weighted by molar-refractivity contribution is 6.00. The van der Waals surface area contributed by atoms with Gasteiger partial charge in [-0.3, -0.25) is 9.59 Å². The standard InChI is InChI=1S/C25H40N2O3/c1-7-8-9-10-11-12-14-27-15-13-20-18(2)21(16-30-17-28)19(3)22(23(20)27)26-24(29)25(4,5)6/h17H,7-16H2,1-6H3,(H,26,29). The van der Waals surface area contributed by atoms with Crippen molar-refractivity contribution in [2.24, 2.45) is 5.41 Å². The fourth-order valence-corrected chi connectivity index (χ4v) is 4.23. The summed E-state index contributed by atoms with van der Waals surface area (Å²) in [4.78, 5) is 26.1. The number of hydrogen-bond donors (Lipinski definition) is 1. The molecule has 168 valence electrons. The largest absolute Gasteiger partial charge is 0.463 e. The number of rotatable bonds is 11. The van der Waals surface area contributed by atoms with Crippen LogP contribution in [-0.4, -0.2) is 25.5 Å². The molecule has 0 aliphatic carbocycles. The third-order valence-corrected chi connectivity index (χ3v) is 6.20. The van der Waals surface area contributed by atoms with Gasteiger partial charge < -0.3 is 15.0 Å². The van der Waals surface area contributed by atoms with E-state index in [-0.39, 0.29) is 12.5 Å². The predicted octanol–water partition coefficient (Wildman–Crippen LogP) is 5.68. The van der Waals surface area contributed by atoms with Crippen LogP contribution in [0.3, 0.4) is 0 Å². The van der Waals surface area contributed by atoms with Crippen molar-refractivity contribution in [1.29, 1.82) is 0 Å². The van der Waals surface area contributed by atoms with Gasteiger partial charge in [-0.2, -0.15) is 0 Å². The van der Waals surface area contributed by atoms with Gasteiger partial charge in [-0.15, -0.1) is 0 Å². The van der Waals surface area contributed by atoms with Gasteiger partial charge >= 0.3 is 0 Å². The Morgan fingerprint density at radius 1 is 1.10 bits per heavy atom. The number of benzene rings is 1. The normalized spacial score (nSPS) is 13.3. The molecule has 5 heteroatoms. The fourth-order valence-electron chi connectivity index (χ4n) is 4.23. The van der Waals surface area contributed by atoms with Crippen LogP contribution in [0.15, 0.2) is 0 Å². The Morgan fingerprint density at radius 3 is 2.40 bits per heavy atom. The molecule has 1 aromatic carbocycles. The minimum Gasteiger partial charge on any atom is -0.463 e. The van der Waals surface area contributed by atoms with Gasteiger partial charge in [0.15, 0.2) is 0 Å². The summed E-state index contributed by atoms with van der Waals surface area (Å²) in [6, 6.07) is 0. The van der Waals surface area contributed by atoms with E-state index >= 15 is 0 Å². The average Bonchev–Trinajstić information content (AvgIpc) is 3.11. The first-order chi connectivity index (χ1) is 14.2. The van der Waals surface area contributed by atoms with Crippen LogP contribution in [0, 0.1) is 19.3 Å². The lowest BCUT2D eigenvalue weighted by molar-refractivity contribution is -0.129. The van der Waals surface area contributed by atoms with Crippen molar-refractivity contribution in [3.05, 3.63) is 22.3 Å². The first kappa shape index (κ1) is 24.2. The Labute approximate surface area is 182 Å². The van der Waals surface area contributed by atoms with E-state index in [9.17, 15) is 9.59 Å². The van der Waals surface area contributed by atoms with E-state index in [2.05, 4.69) is 24.1 Å². The van der Waals surface area contributed by atoms with E-state index in [1.54, 1.807) is 0 Å². The molecule has 0 spiro atoms. The second-order valence-electron chi connectivity index (χ2n) is 9.55. The molecule has 0 unspecified atom stereocenters. The minimum atomic E-state index is -0.480. The summed E-state index contributed by atoms with van der Waals surface area (Å²) in [5.74, 6) is 0.00493. The molecule has 1 heterocycles. The first-order valence-corrected chi connectivity index (χ1v) is 11.5. The maximum Gasteiger partial charge on any atom is 0.293 e. The van der Waals surface area contributed by atoms with Gasteiger partial charge in [-0.05, 0) is 48.9 Å². The van der Waals surface area contributed by atoms with Gasteiger partial charge in [0.1, 0.15) is 6.61 Å². The van der Waals surface area contributed by atoms with Crippen LogP contribution in [0.5, 0.6) is 0 Å². The molecule has 1 N–H and O–H groups in total. The van der Waals surface area contributed by atoms with Crippen LogP contribution in [-0.2, 0) is 27.4 Å². The quantitative estimate of drug-likeness (QED) is 0.372. The second kappa shape index (κ2) is 10.8. The Bertz CT molecular complexity index is 750. The number of amides is 1. The third-order valence-electron chi connectivity index (χ3n) is 6.20. The van der Waals surface area contributed by atoms with Crippen molar-refractivity contribution in [2.75, 3.05) is 23.3 Å². The molecule has 0 fully saturated rings. The van der Waals surface area contributed by atoms with Crippen LogP contribution >= 0.6 is 0 Å². The van der Waals surface area contributed by atoms with Crippen molar-refractivity contribution >= 4 is 23.8 Å². The predicted molar refractivity (Wildman–Crippen MR) is 124 cm³/mol. The molecule has 0 saturated carbocycles. The maximum atomic E-state index is 12.8. The Kier molecular flexibility index (Phi) is 8.75. The topological polar surface area (TPSA) is 58.6 Å². The highest BCUT2D eigenvalue weighted by Crippen LogP contribution is 2.43. The number of carbonyl (C=O) groups excluding carboxylic acids is 2. The van der Waals surface area contributed by atoms with E-state index in [0.29, 0.717) is 6.47 Å². The molecule has 0 radical (unpaired) electrons. The van der Waals surface area contributed by atoms with Gasteiger partial charge in [0.25, 0.3) is 6.47 Å². The molecule has 1 aromatic rings. The average molecular weight is 417 g/mol. The second-order valence-corrected chi connectivity index (χ2v) is 9.55. The monoisotopic (exact) mass is 416 g/mol. The van der Waals surface area contributed by atoms with Crippen molar-refractivity contribution in [2.45, 2.75) is 93.1 Å². The Morgan fingerprint density at radius 2 is 1.77 bits per heavy atom. The Hall–Kier alpha value is -2.04. The molecule has 1 aliphatic heterocycles. The summed E-state index contributed by atoms with van der Waals surface area (Å²) in [5.41, 5.74) is 6.05. The third kappa shape index (κ3) is 5.77. The fraction of sp³-hybridized carbons (Fsp3) is 0.680. The highest BCUT2D eigenvalue weighted by atomic mass is 16.5. The number of carbonyl (C=O) groups is 2. The number of anilines is 2. The molecule has 0 atom stereocenters. The summed E-state index contributed by atoms with van der Waals surface area (Å²) in [6.07, 6.45) is 8.58. The van der Waals surface area contributed by atoms with Gasteiger partial charge in [0, 0.05) is 18.5 Å². The number of hydrogen-bond acceptors (Lipinski definition) is 4. The maximum absolute atomic E-state index is 12.8. The van der Waals surface area contributed by atoms with Crippen LogP contribution in [0.1, 0.15) is 88.5 Å². The highest BCUT2D eigenvalue weighted by Gasteiger charge is 2.31. The van der Waals surface area contributed by atoms with Gasteiger partial charge in [0.2, 0.25) is 5.91 Å². The zero-order valence-electron chi connectivity index (χ0n) is 19.8. The molecule has 30 heavy (non-hydrogen) atoms. The van der Waals surface area contributed by atoms with Crippen LogP contribution in [0.2, 0.25) is 0 Å². The van der Waals surface area contributed by atoms with E-state index in [4.69, 9.17) is 4.74 Å². The summed E-state index contributed by atoms with van der Waals surface area (Å²) >= 11 is 0. The number of nitrogens with zero attached hydrogens (tertiary/aromatic N) is 1. The molecular weight excluding hydrogens is 376 g/mol. The van der Waals surface area contributed by atoms with Crippen molar-refractivity contribution in [3.8, 4) is 0 Å². The lowest BCUT2D eigenvalue weighted by Crippen LogP contribution is -2.30. The van der Waals surface area contributed by atoms with Gasteiger partial charge in [0.05, 0.1) is 11.4 Å². The van der Waals surface area contributed by atoms with Crippen molar-refractivity contribution in [3.63, 3.8) is 0 Å². The van der Waals surface area contributed by atoms with Crippen LogP contribution < -0.4 is 10.2 Å². The van der Waals surface area contributed by atoms with Gasteiger partial charge in [-0.1, -0.05) is 59.8 Å². The zero-order chi connectivity index (χ0) is 22.3. The summed E-state index contributed by atoms with van der Waals surface area (Å²) in [6.45, 7) is 14.9. The smallest absolute Gasteiger partial charge is 0.293 e. The molecule has 2 rings (SSSR count). The number of unbranched alkanes of at least 4 members (excludes halogenated alkanes) is 5. The molecule has 1 amide bonds. The van der Waals surface area contributed by atoms with Crippen LogP contribution in [0.25, 0.3) is 0 Å². The lowest BCUT2D eigenvalue weighted by Gasteiger charge is -2.28. The minimum absolute atomic E-state index is 0.00493. The molecule has 0 bridgehead atoms. The molecule has 1 aliphatic rings. The molecular formula is C25H40N2O3. The number of ether oxygens (including phenoxy) is 1. The summed E-state index contributed by atoms with van der Waals surface area (Å²) < 4.78 is 5.10. The summed E-state index contributed by atoms with van der Waals surface area (Å²) in [5, 5.41) is 3.22. The first-order valence-electron chi connectivity index (χ1n) is 11.5. The van der Waals surface area contributed by atoms with E-state index in [1.165, 1.54) is 55.3 Å². The Balaban J connectivity index is 2.32. The van der Waals surface area contributed by atoms with E-state index in [1.807, 2.05) is 27.7 Å². The van der Waals surface area contributed by atoms with Crippen LogP contribution in [0.4, 0.5) is 11.4 Å². The summed E-state index contributed by atoms with van der Waals surface area (Å²) in [7, 11) is 0. The number of fused-ring (bicyclic) bond motifs is 1. The van der Waals surface area contributed by atoms with E-state index in [0.717, 1.165) is 36.3 Å².